The van der Waals surface area contributed by atoms with Crippen molar-refractivity contribution in [1.29, 1.82) is 0 Å². The maximum absolute atomic E-state index is 13.1. The van der Waals surface area contributed by atoms with Gasteiger partial charge in [-0.1, -0.05) is 25.0 Å². The summed E-state index contributed by atoms with van der Waals surface area (Å²) in [7, 11) is 1.56. The Morgan fingerprint density at radius 3 is 2.62 bits per heavy atom. The van der Waals surface area contributed by atoms with Gasteiger partial charge in [-0.3, -0.25) is 0 Å². The van der Waals surface area contributed by atoms with Crippen LogP contribution >= 0.6 is 0 Å². The van der Waals surface area contributed by atoms with E-state index in [1.54, 1.807) is 19.2 Å². The summed E-state index contributed by atoms with van der Waals surface area (Å²) in [6, 6.07) is 5.53. The molecule has 1 aliphatic carbocycles. The van der Waals surface area contributed by atoms with E-state index in [4.69, 9.17) is 0 Å². The van der Waals surface area contributed by atoms with Gasteiger partial charge < -0.3 is 15.3 Å². The minimum Gasteiger partial charge on any atom is -0.480 e. The van der Waals surface area contributed by atoms with E-state index in [2.05, 4.69) is 5.32 Å². The summed E-state index contributed by atoms with van der Waals surface area (Å²) < 4.78 is 13.1. The Morgan fingerprint density at radius 2 is 2.05 bits per heavy atom. The second-order valence-corrected chi connectivity index (χ2v) is 5.51. The number of nitrogens with one attached hydrogen (secondary N) is 1. The minimum absolute atomic E-state index is 0.222. The second-order valence-electron chi connectivity index (χ2n) is 5.51. The summed E-state index contributed by atoms with van der Waals surface area (Å²) in [5, 5.41) is 12.0. The summed E-state index contributed by atoms with van der Waals surface area (Å²) in [4.78, 5) is 24.9. The summed E-state index contributed by atoms with van der Waals surface area (Å²) in [5.41, 5.74) is -0.503. The van der Waals surface area contributed by atoms with Gasteiger partial charge in [-0.25, -0.2) is 14.0 Å². The van der Waals surface area contributed by atoms with E-state index in [1.807, 2.05) is 0 Å². The molecule has 0 radical (unpaired) electrons. The smallest absolute Gasteiger partial charge is 0.329 e. The SMILES string of the molecule is CN(Cc1cccc(F)c1)C(=O)NC1(C(=O)O)CCCC1. The first-order chi connectivity index (χ1) is 9.93. The fourth-order valence-electron chi connectivity index (χ4n) is 2.65. The second kappa shape index (κ2) is 6.11. The van der Waals surface area contributed by atoms with Gasteiger partial charge in [-0.2, -0.15) is 0 Å². The number of carbonyl (C=O) groups excluding carboxylic acids is 1. The number of amides is 2. The maximum atomic E-state index is 13.1. The lowest BCUT2D eigenvalue weighted by atomic mass is 9.98. The number of urea groups is 1. The predicted molar refractivity (Wildman–Crippen MR) is 75.2 cm³/mol. The lowest BCUT2D eigenvalue weighted by molar-refractivity contribution is -0.144. The van der Waals surface area contributed by atoms with Gasteiger partial charge in [0.15, 0.2) is 0 Å². The highest BCUT2D eigenvalue weighted by Crippen LogP contribution is 2.30. The molecule has 2 N–H and O–H groups in total. The van der Waals surface area contributed by atoms with Crippen molar-refractivity contribution in [2.75, 3.05) is 7.05 Å². The highest BCUT2D eigenvalue weighted by molar-refractivity contribution is 5.86. The Balaban J connectivity index is 2.01. The van der Waals surface area contributed by atoms with Crippen LogP contribution in [0.5, 0.6) is 0 Å². The van der Waals surface area contributed by atoms with Crippen LogP contribution in [0.15, 0.2) is 24.3 Å². The van der Waals surface area contributed by atoms with Gasteiger partial charge in [0.05, 0.1) is 0 Å². The quantitative estimate of drug-likeness (QED) is 0.895. The van der Waals surface area contributed by atoms with Gasteiger partial charge in [0.1, 0.15) is 11.4 Å². The standard InChI is InChI=1S/C15H19FN2O3/c1-18(10-11-5-4-6-12(16)9-11)14(21)17-15(13(19)20)7-2-3-8-15/h4-6,9H,2-3,7-8,10H2,1H3,(H,17,21)(H,19,20). The molecule has 2 amide bonds. The van der Waals surface area contributed by atoms with Crippen LogP contribution in [0.3, 0.4) is 0 Å². The largest absolute Gasteiger partial charge is 0.480 e. The molecule has 114 valence electrons. The number of carboxylic acids is 1. The first kappa shape index (κ1) is 15.3. The summed E-state index contributed by atoms with van der Waals surface area (Å²) in [6.07, 6.45) is 2.48. The number of hydrogen-bond acceptors (Lipinski definition) is 2. The highest BCUT2D eigenvalue weighted by atomic mass is 19.1. The van der Waals surface area contributed by atoms with Gasteiger partial charge in [-0.15, -0.1) is 0 Å². The molecule has 0 aliphatic heterocycles. The third-order valence-electron chi connectivity index (χ3n) is 3.87. The number of carbonyl (C=O) groups is 2. The van der Waals surface area contributed by atoms with Crippen LogP contribution in [0.4, 0.5) is 9.18 Å². The molecule has 21 heavy (non-hydrogen) atoms. The molecule has 0 bridgehead atoms. The number of halogens is 1. The molecule has 0 aromatic heterocycles. The molecule has 5 nitrogen and oxygen atoms in total. The van der Waals surface area contributed by atoms with E-state index in [0.29, 0.717) is 18.4 Å². The van der Waals surface area contributed by atoms with Crippen molar-refractivity contribution in [2.45, 2.75) is 37.8 Å². The van der Waals surface area contributed by atoms with Crippen LogP contribution in [0, 0.1) is 5.82 Å². The Kier molecular flexibility index (Phi) is 4.45. The predicted octanol–water partition coefficient (Wildman–Crippen LogP) is 2.36. The Morgan fingerprint density at radius 1 is 1.38 bits per heavy atom. The number of benzene rings is 1. The number of rotatable bonds is 4. The lowest BCUT2D eigenvalue weighted by Crippen LogP contribution is -2.55. The topological polar surface area (TPSA) is 69.6 Å². The Hall–Kier alpha value is -2.11. The molecule has 0 saturated heterocycles. The average molecular weight is 294 g/mol. The van der Waals surface area contributed by atoms with Gasteiger partial charge in [0, 0.05) is 13.6 Å². The Bertz CT molecular complexity index is 541. The van der Waals surface area contributed by atoms with E-state index in [-0.39, 0.29) is 12.4 Å². The molecule has 0 unspecified atom stereocenters. The fourth-order valence-corrected chi connectivity index (χ4v) is 2.65. The third-order valence-corrected chi connectivity index (χ3v) is 3.87. The molecule has 0 atom stereocenters. The van der Waals surface area contributed by atoms with E-state index >= 15 is 0 Å². The molecule has 1 aliphatic rings. The monoisotopic (exact) mass is 294 g/mol. The number of hydrogen-bond donors (Lipinski definition) is 2. The zero-order valence-corrected chi connectivity index (χ0v) is 11.9. The molecule has 0 heterocycles. The molecule has 0 spiro atoms. The molecule has 2 rings (SSSR count). The average Bonchev–Trinajstić information content (AvgIpc) is 2.88. The molecule has 1 saturated carbocycles. The van der Waals surface area contributed by atoms with E-state index in [0.717, 1.165) is 12.8 Å². The van der Waals surface area contributed by atoms with Gasteiger partial charge in [0.25, 0.3) is 0 Å². The first-order valence-corrected chi connectivity index (χ1v) is 6.94. The molecular weight excluding hydrogens is 275 g/mol. The van der Waals surface area contributed by atoms with Crippen molar-refractivity contribution in [3.05, 3.63) is 35.6 Å². The van der Waals surface area contributed by atoms with E-state index < -0.39 is 17.5 Å². The third kappa shape index (κ3) is 3.51. The molecule has 6 heteroatoms. The molecule has 1 aromatic carbocycles. The molecule has 1 aromatic rings. The van der Waals surface area contributed by atoms with Gasteiger partial charge >= 0.3 is 12.0 Å². The van der Waals surface area contributed by atoms with Crippen molar-refractivity contribution in [3.8, 4) is 0 Å². The number of nitrogens with zero attached hydrogens (tertiary/aromatic N) is 1. The normalized spacial score (nSPS) is 16.5. The fraction of sp³-hybridized carbons (Fsp3) is 0.467. The van der Waals surface area contributed by atoms with Gasteiger partial charge in [0.2, 0.25) is 0 Å². The summed E-state index contributed by atoms with van der Waals surface area (Å²) >= 11 is 0. The summed E-state index contributed by atoms with van der Waals surface area (Å²) in [5.74, 6) is -1.35. The van der Waals surface area contributed by atoms with Gasteiger partial charge in [-0.05, 0) is 30.5 Å². The van der Waals surface area contributed by atoms with Crippen molar-refractivity contribution in [2.24, 2.45) is 0 Å². The van der Waals surface area contributed by atoms with Crippen LogP contribution in [-0.2, 0) is 11.3 Å². The summed E-state index contributed by atoms with van der Waals surface area (Å²) in [6.45, 7) is 0.222. The zero-order valence-electron chi connectivity index (χ0n) is 11.9. The van der Waals surface area contributed by atoms with E-state index in [1.165, 1.54) is 17.0 Å². The number of aliphatic carboxylic acids is 1. The maximum Gasteiger partial charge on any atom is 0.329 e. The Labute approximate surface area is 122 Å². The first-order valence-electron chi connectivity index (χ1n) is 6.94. The van der Waals surface area contributed by atoms with Crippen molar-refractivity contribution in [1.82, 2.24) is 10.2 Å². The van der Waals surface area contributed by atoms with Crippen LogP contribution < -0.4 is 5.32 Å². The highest BCUT2D eigenvalue weighted by Gasteiger charge is 2.43. The molecular formula is C15H19FN2O3. The minimum atomic E-state index is -1.16. The van der Waals surface area contributed by atoms with Crippen LogP contribution in [0.25, 0.3) is 0 Å². The number of carboxylic acid groups (broad SMARTS) is 1. The van der Waals surface area contributed by atoms with Crippen LogP contribution in [-0.4, -0.2) is 34.6 Å². The van der Waals surface area contributed by atoms with Crippen molar-refractivity contribution >= 4 is 12.0 Å². The lowest BCUT2D eigenvalue weighted by Gasteiger charge is -2.28. The van der Waals surface area contributed by atoms with E-state index in [9.17, 15) is 19.1 Å². The molecule has 1 fully saturated rings. The van der Waals surface area contributed by atoms with Crippen molar-refractivity contribution < 1.29 is 19.1 Å². The van der Waals surface area contributed by atoms with Crippen LogP contribution in [0.2, 0.25) is 0 Å². The zero-order chi connectivity index (χ0) is 15.5. The van der Waals surface area contributed by atoms with Crippen molar-refractivity contribution in [3.63, 3.8) is 0 Å². The van der Waals surface area contributed by atoms with Crippen LogP contribution in [0.1, 0.15) is 31.2 Å².